The lowest BCUT2D eigenvalue weighted by Crippen LogP contribution is -2.41. The highest BCUT2D eigenvalue weighted by Crippen LogP contribution is 2.32. The zero-order valence-corrected chi connectivity index (χ0v) is 17.4. The number of carboxylic acids is 1. The van der Waals surface area contributed by atoms with Gasteiger partial charge in [-0.1, -0.05) is 65.8 Å². The Morgan fingerprint density at radius 1 is 0.938 bits per heavy atom. The molecule has 0 saturated carbocycles. The van der Waals surface area contributed by atoms with Gasteiger partial charge in [0, 0.05) is 0 Å². The first-order chi connectivity index (χ1) is 15.6. The fourth-order valence-electron chi connectivity index (χ4n) is 3.48. The molecule has 166 valence electrons. The monoisotopic (exact) mass is 435 g/mol. The summed E-state index contributed by atoms with van der Waals surface area (Å²) in [4.78, 5) is 34.3. The Morgan fingerprint density at radius 3 is 2.12 bits per heavy atom. The molecule has 8 heteroatoms. The van der Waals surface area contributed by atoms with Crippen LogP contribution in [0.2, 0.25) is 0 Å². The van der Waals surface area contributed by atoms with Crippen molar-refractivity contribution >= 4 is 11.9 Å². The molecule has 1 amide bonds. The summed E-state index contributed by atoms with van der Waals surface area (Å²) in [7, 11) is 0. The van der Waals surface area contributed by atoms with Gasteiger partial charge < -0.3 is 14.8 Å². The molecule has 0 aliphatic carbocycles. The Labute approximate surface area is 185 Å². The Bertz CT molecular complexity index is 981. The highest BCUT2D eigenvalue weighted by atomic mass is 16.4. The number of nitrogens with one attached hydrogen (secondary N) is 2. The van der Waals surface area contributed by atoms with Crippen LogP contribution in [-0.2, 0) is 4.79 Å². The highest BCUT2D eigenvalue weighted by Gasteiger charge is 2.25. The summed E-state index contributed by atoms with van der Waals surface area (Å²) in [6.45, 7) is 0.384. The minimum atomic E-state index is -1.13. The molecule has 0 bridgehead atoms. The summed E-state index contributed by atoms with van der Waals surface area (Å²) in [5.41, 5.74) is 2.03. The largest absolute Gasteiger partial charge is 0.480 e. The first kappa shape index (κ1) is 22.9. The van der Waals surface area contributed by atoms with E-state index in [1.165, 1.54) is 0 Å². The van der Waals surface area contributed by atoms with Crippen molar-refractivity contribution in [1.82, 2.24) is 10.6 Å². The second kappa shape index (κ2) is 11.6. The Balaban J connectivity index is 1.74. The molecule has 1 atom stereocenters. The van der Waals surface area contributed by atoms with Crippen molar-refractivity contribution in [2.24, 2.45) is 5.18 Å². The first-order valence-corrected chi connectivity index (χ1v) is 10.3. The minimum Gasteiger partial charge on any atom is -0.480 e. The predicted molar refractivity (Wildman–Crippen MR) is 119 cm³/mol. The molecule has 0 unspecified atom stereocenters. The molecular weight excluding hydrogens is 410 g/mol. The first-order valence-electron chi connectivity index (χ1n) is 10.3. The third-order valence-electron chi connectivity index (χ3n) is 5.03. The van der Waals surface area contributed by atoms with E-state index >= 15 is 0 Å². The van der Waals surface area contributed by atoms with E-state index in [1.54, 1.807) is 12.1 Å². The van der Waals surface area contributed by atoms with E-state index in [1.807, 2.05) is 60.7 Å². The molecule has 32 heavy (non-hydrogen) atoms. The van der Waals surface area contributed by atoms with Gasteiger partial charge in [0.2, 0.25) is 0 Å². The van der Waals surface area contributed by atoms with Gasteiger partial charge in [-0.2, -0.15) is 0 Å². The van der Waals surface area contributed by atoms with Gasteiger partial charge in [-0.3, -0.25) is 10.1 Å². The third-order valence-corrected chi connectivity index (χ3v) is 5.03. The van der Waals surface area contributed by atoms with Crippen LogP contribution in [0.4, 0.5) is 0 Å². The standard InChI is InChI=1S/C24H25N3O5/c28-23(27-19(24(29)30)12-7-15-25-16-26-31)21-14-13-20(32-21)22(17-8-3-1-4-9-17)18-10-5-2-6-11-18/h1-6,8-11,13-14,19,22,25H,7,12,15-16H2,(H,27,28)(H,29,30)/t19-/m0/s1. The van der Waals surface area contributed by atoms with E-state index in [0.717, 1.165) is 11.1 Å². The molecule has 0 aliphatic rings. The number of benzene rings is 2. The predicted octanol–water partition coefficient (Wildman–Crippen LogP) is 3.74. The second-order valence-corrected chi connectivity index (χ2v) is 7.25. The van der Waals surface area contributed by atoms with Gasteiger partial charge in [0.25, 0.3) is 5.91 Å². The average molecular weight is 435 g/mol. The van der Waals surface area contributed by atoms with Gasteiger partial charge in [0.1, 0.15) is 18.5 Å². The number of nitrogens with zero attached hydrogens (tertiary/aromatic N) is 1. The Kier molecular flexibility index (Phi) is 8.28. The summed E-state index contributed by atoms with van der Waals surface area (Å²) in [5.74, 6) is -1.29. The van der Waals surface area contributed by atoms with Crippen LogP contribution in [0, 0.1) is 4.91 Å². The molecule has 0 aliphatic heterocycles. The van der Waals surface area contributed by atoms with Crippen molar-refractivity contribution in [2.45, 2.75) is 24.8 Å². The highest BCUT2D eigenvalue weighted by molar-refractivity contribution is 5.94. The fraction of sp³-hybridized carbons (Fsp3) is 0.250. The molecule has 3 aromatic rings. The van der Waals surface area contributed by atoms with Crippen LogP contribution in [0.25, 0.3) is 0 Å². The molecule has 8 nitrogen and oxygen atoms in total. The van der Waals surface area contributed by atoms with Crippen LogP contribution >= 0.6 is 0 Å². The smallest absolute Gasteiger partial charge is 0.326 e. The number of aliphatic carboxylic acids is 1. The van der Waals surface area contributed by atoms with Gasteiger partial charge in [-0.25, -0.2) is 4.79 Å². The maximum atomic E-state index is 12.7. The third kappa shape index (κ3) is 6.12. The number of hydrogen-bond donors (Lipinski definition) is 3. The quantitative estimate of drug-likeness (QED) is 0.294. The van der Waals surface area contributed by atoms with Crippen molar-refractivity contribution in [3.05, 3.63) is 100 Å². The summed E-state index contributed by atoms with van der Waals surface area (Å²) in [6, 6.07) is 21.9. The zero-order valence-electron chi connectivity index (χ0n) is 17.4. The van der Waals surface area contributed by atoms with E-state index in [4.69, 9.17) is 4.42 Å². The van der Waals surface area contributed by atoms with Crippen LogP contribution in [-0.4, -0.2) is 36.2 Å². The van der Waals surface area contributed by atoms with Crippen molar-refractivity contribution in [3.8, 4) is 0 Å². The van der Waals surface area contributed by atoms with E-state index in [-0.39, 0.29) is 24.8 Å². The number of amides is 1. The summed E-state index contributed by atoms with van der Waals surface area (Å²) in [6.07, 6.45) is 0.664. The number of nitroso groups, excluding NO2 is 1. The van der Waals surface area contributed by atoms with Crippen molar-refractivity contribution < 1.29 is 19.1 Å². The van der Waals surface area contributed by atoms with Crippen molar-refractivity contribution in [1.29, 1.82) is 0 Å². The zero-order chi connectivity index (χ0) is 22.8. The number of furan rings is 1. The number of hydrogen-bond acceptors (Lipinski definition) is 6. The number of carbonyl (C=O) groups excluding carboxylic acids is 1. The topological polar surface area (TPSA) is 121 Å². The lowest BCUT2D eigenvalue weighted by atomic mass is 9.89. The molecule has 0 fully saturated rings. The van der Waals surface area contributed by atoms with Crippen LogP contribution in [0.1, 0.15) is 46.2 Å². The van der Waals surface area contributed by atoms with Crippen molar-refractivity contribution in [3.63, 3.8) is 0 Å². The second-order valence-electron chi connectivity index (χ2n) is 7.25. The minimum absolute atomic E-state index is 0.0384. The lowest BCUT2D eigenvalue weighted by Gasteiger charge is -2.16. The van der Waals surface area contributed by atoms with Crippen LogP contribution in [0.3, 0.4) is 0 Å². The molecule has 3 rings (SSSR count). The number of carbonyl (C=O) groups is 2. The summed E-state index contributed by atoms with van der Waals surface area (Å²) < 4.78 is 5.89. The van der Waals surface area contributed by atoms with E-state index in [0.29, 0.717) is 18.7 Å². The molecular formula is C24H25N3O5. The molecule has 1 aromatic heterocycles. The van der Waals surface area contributed by atoms with E-state index < -0.39 is 17.9 Å². The van der Waals surface area contributed by atoms with Gasteiger partial charge in [0.05, 0.1) is 5.92 Å². The van der Waals surface area contributed by atoms with Crippen LogP contribution < -0.4 is 10.6 Å². The molecule has 0 saturated heterocycles. The number of carboxylic acid groups (broad SMARTS) is 1. The normalized spacial score (nSPS) is 11.8. The fourth-order valence-corrected chi connectivity index (χ4v) is 3.48. The molecule has 3 N–H and O–H groups in total. The average Bonchev–Trinajstić information content (AvgIpc) is 3.29. The van der Waals surface area contributed by atoms with Gasteiger partial charge >= 0.3 is 5.97 Å². The molecule has 0 radical (unpaired) electrons. The molecule has 2 aromatic carbocycles. The summed E-state index contributed by atoms with van der Waals surface area (Å²) >= 11 is 0. The number of rotatable bonds is 12. The van der Waals surface area contributed by atoms with E-state index in [2.05, 4.69) is 15.8 Å². The molecule has 0 spiro atoms. The summed E-state index contributed by atoms with van der Waals surface area (Å²) in [5, 5.41) is 17.4. The maximum absolute atomic E-state index is 12.7. The Hall–Kier alpha value is -3.78. The van der Waals surface area contributed by atoms with E-state index in [9.17, 15) is 19.6 Å². The lowest BCUT2D eigenvalue weighted by molar-refractivity contribution is -0.139. The van der Waals surface area contributed by atoms with Gasteiger partial charge in [-0.15, -0.1) is 4.91 Å². The van der Waals surface area contributed by atoms with Crippen LogP contribution in [0.15, 0.2) is 82.4 Å². The van der Waals surface area contributed by atoms with Gasteiger partial charge in [0.15, 0.2) is 5.76 Å². The molecule has 1 heterocycles. The van der Waals surface area contributed by atoms with Gasteiger partial charge in [-0.05, 0) is 42.6 Å². The maximum Gasteiger partial charge on any atom is 0.326 e. The van der Waals surface area contributed by atoms with Crippen LogP contribution in [0.5, 0.6) is 0 Å². The SMILES string of the molecule is O=NCNCCC[C@H](NC(=O)c1ccc(C(c2ccccc2)c2ccccc2)o1)C(=O)O. The van der Waals surface area contributed by atoms with Crippen molar-refractivity contribution in [2.75, 3.05) is 13.2 Å². The Morgan fingerprint density at radius 2 is 1.56 bits per heavy atom.